The first-order chi connectivity index (χ1) is 8.60. The van der Waals surface area contributed by atoms with Crippen molar-refractivity contribution in [3.05, 3.63) is 0 Å². The lowest BCUT2D eigenvalue weighted by molar-refractivity contribution is 0.0970. The molecule has 2 rings (SSSR count). The molecule has 1 N–H and O–H groups in total. The standard InChI is InChI=1S/C15H27N3/c1-4-18(12(2)3)14-6-5-9-15(10-14,11-16)17-13-7-8-13/h12-14,17H,4-10H2,1-3H3. The molecule has 0 spiro atoms. The summed E-state index contributed by atoms with van der Waals surface area (Å²) in [7, 11) is 0. The molecule has 2 saturated carbocycles. The minimum atomic E-state index is -0.244. The molecule has 0 amide bonds. The Bertz CT molecular complexity index is 316. The topological polar surface area (TPSA) is 39.1 Å². The van der Waals surface area contributed by atoms with E-state index in [0.29, 0.717) is 18.1 Å². The second-order valence-electron chi connectivity index (χ2n) is 6.29. The zero-order valence-corrected chi connectivity index (χ0v) is 12.1. The van der Waals surface area contributed by atoms with Crippen LogP contribution >= 0.6 is 0 Å². The Morgan fingerprint density at radius 2 is 2.11 bits per heavy atom. The first-order valence-corrected chi connectivity index (χ1v) is 7.55. The fourth-order valence-corrected chi connectivity index (χ4v) is 3.46. The normalized spacial score (nSPS) is 32.8. The number of nitriles is 1. The number of hydrogen-bond donors (Lipinski definition) is 1. The summed E-state index contributed by atoms with van der Waals surface area (Å²) in [5, 5.41) is 13.2. The van der Waals surface area contributed by atoms with Gasteiger partial charge in [0.25, 0.3) is 0 Å². The zero-order valence-electron chi connectivity index (χ0n) is 12.1. The molecular weight excluding hydrogens is 222 g/mol. The van der Waals surface area contributed by atoms with Gasteiger partial charge in [-0.2, -0.15) is 5.26 Å². The van der Waals surface area contributed by atoms with E-state index in [2.05, 4.69) is 37.1 Å². The smallest absolute Gasteiger partial charge is 0.108 e. The lowest BCUT2D eigenvalue weighted by atomic mass is 9.79. The average molecular weight is 249 g/mol. The monoisotopic (exact) mass is 249 g/mol. The van der Waals surface area contributed by atoms with Crippen molar-refractivity contribution in [1.82, 2.24) is 10.2 Å². The van der Waals surface area contributed by atoms with Gasteiger partial charge in [-0.15, -0.1) is 0 Å². The van der Waals surface area contributed by atoms with E-state index < -0.39 is 0 Å². The summed E-state index contributed by atoms with van der Waals surface area (Å²) in [6.07, 6.45) is 6.99. The molecule has 0 aromatic carbocycles. The third kappa shape index (κ3) is 3.05. The quantitative estimate of drug-likeness (QED) is 0.814. The maximum absolute atomic E-state index is 9.60. The van der Waals surface area contributed by atoms with Gasteiger partial charge >= 0.3 is 0 Å². The van der Waals surface area contributed by atoms with Gasteiger partial charge in [-0.1, -0.05) is 6.92 Å². The van der Waals surface area contributed by atoms with Gasteiger partial charge in [0.05, 0.1) is 6.07 Å². The Balaban J connectivity index is 2.03. The SMILES string of the molecule is CCN(C(C)C)C1CCCC(C#N)(NC2CC2)C1. The van der Waals surface area contributed by atoms with Crippen LogP contribution in [-0.2, 0) is 0 Å². The molecule has 0 radical (unpaired) electrons. The van der Waals surface area contributed by atoms with Crippen molar-refractivity contribution in [2.45, 2.75) is 83.0 Å². The van der Waals surface area contributed by atoms with E-state index in [1.54, 1.807) is 0 Å². The fourth-order valence-electron chi connectivity index (χ4n) is 3.46. The van der Waals surface area contributed by atoms with Crippen LogP contribution in [0.15, 0.2) is 0 Å². The van der Waals surface area contributed by atoms with Crippen LogP contribution in [0.3, 0.4) is 0 Å². The molecule has 2 fully saturated rings. The molecule has 3 heteroatoms. The fraction of sp³-hybridized carbons (Fsp3) is 0.933. The van der Waals surface area contributed by atoms with Gasteiger partial charge in [0.2, 0.25) is 0 Å². The maximum atomic E-state index is 9.60. The summed E-state index contributed by atoms with van der Waals surface area (Å²) in [4.78, 5) is 2.56. The predicted octanol–water partition coefficient (Wildman–Crippen LogP) is 2.67. The highest BCUT2D eigenvalue weighted by Gasteiger charge is 2.41. The van der Waals surface area contributed by atoms with E-state index in [1.165, 1.54) is 25.7 Å². The molecule has 0 aromatic heterocycles. The molecule has 2 aliphatic carbocycles. The van der Waals surface area contributed by atoms with Crippen molar-refractivity contribution in [3.8, 4) is 6.07 Å². The van der Waals surface area contributed by atoms with E-state index >= 15 is 0 Å². The second-order valence-corrected chi connectivity index (χ2v) is 6.29. The van der Waals surface area contributed by atoms with Gasteiger partial charge in [-0.25, -0.2) is 0 Å². The molecule has 0 heterocycles. The van der Waals surface area contributed by atoms with Crippen LogP contribution in [0.5, 0.6) is 0 Å². The molecule has 0 aliphatic heterocycles. The minimum Gasteiger partial charge on any atom is -0.298 e. The highest BCUT2D eigenvalue weighted by atomic mass is 15.2. The van der Waals surface area contributed by atoms with Crippen molar-refractivity contribution in [3.63, 3.8) is 0 Å². The maximum Gasteiger partial charge on any atom is 0.108 e. The van der Waals surface area contributed by atoms with E-state index in [0.717, 1.165) is 19.4 Å². The van der Waals surface area contributed by atoms with Crippen molar-refractivity contribution < 1.29 is 0 Å². The Morgan fingerprint density at radius 3 is 2.61 bits per heavy atom. The van der Waals surface area contributed by atoms with Crippen LogP contribution in [0.1, 0.15) is 59.3 Å². The summed E-state index contributed by atoms with van der Waals surface area (Å²) in [6, 6.07) is 4.38. The number of nitrogens with zero attached hydrogens (tertiary/aromatic N) is 2. The van der Waals surface area contributed by atoms with Crippen LogP contribution < -0.4 is 5.32 Å². The minimum absolute atomic E-state index is 0.244. The molecule has 0 aromatic rings. The molecule has 3 nitrogen and oxygen atoms in total. The van der Waals surface area contributed by atoms with Gasteiger partial charge in [0.1, 0.15) is 5.54 Å². The Kier molecular flexibility index (Phi) is 4.29. The highest BCUT2D eigenvalue weighted by Crippen LogP contribution is 2.34. The van der Waals surface area contributed by atoms with Gasteiger partial charge in [-0.05, 0) is 58.9 Å². The summed E-state index contributed by atoms with van der Waals surface area (Å²) in [5.41, 5.74) is -0.244. The van der Waals surface area contributed by atoms with Crippen LogP contribution in [0, 0.1) is 11.3 Å². The number of hydrogen-bond acceptors (Lipinski definition) is 3. The van der Waals surface area contributed by atoms with Crippen LogP contribution in [-0.4, -0.2) is 35.1 Å². The lowest BCUT2D eigenvalue weighted by Crippen LogP contribution is -2.54. The zero-order chi connectivity index (χ0) is 13.2. The first kappa shape index (κ1) is 13.8. The van der Waals surface area contributed by atoms with Crippen LogP contribution in [0.4, 0.5) is 0 Å². The molecule has 0 bridgehead atoms. The molecule has 2 atom stereocenters. The van der Waals surface area contributed by atoms with Crippen LogP contribution in [0.25, 0.3) is 0 Å². The average Bonchev–Trinajstić information content (AvgIpc) is 3.14. The van der Waals surface area contributed by atoms with E-state index in [-0.39, 0.29) is 5.54 Å². The van der Waals surface area contributed by atoms with Gasteiger partial charge in [0, 0.05) is 18.1 Å². The first-order valence-electron chi connectivity index (χ1n) is 7.55. The van der Waals surface area contributed by atoms with Crippen LogP contribution in [0.2, 0.25) is 0 Å². The molecule has 2 unspecified atom stereocenters. The molecule has 18 heavy (non-hydrogen) atoms. The largest absolute Gasteiger partial charge is 0.298 e. The summed E-state index contributed by atoms with van der Waals surface area (Å²) < 4.78 is 0. The predicted molar refractivity (Wildman–Crippen MR) is 74.3 cm³/mol. The van der Waals surface area contributed by atoms with Gasteiger partial charge in [0.15, 0.2) is 0 Å². The number of rotatable bonds is 5. The second kappa shape index (κ2) is 5.59. The molecule has 102 valence electrons. The summed E-state index contributed by atoms with van der Waals surface area (Å²) in [6.45, 7) is 7.85. The van der Waals surface area contributed by atoms with Crippen molar-refractivity contribution in [2.75, 3.05) is 6.54 Å². The Morgan fingerprint density at radius 1 is 1.39 bits per heavy atom. The molecule has 2 aliphatic rings. The highest BCUT2D eigenvalue weighted by molar-refractivity contribution is 5.13. The van der Waals surface area contributed by atoms with E-state index in [1.807, 2.05) is 0 Å². The third-order valence-corrected chi connectivity index (χ3v) is 4.49. The summed E-state index contributed by atoms with van der Waals surface area (Å²) in [5.74, 6) is 0. The van der Waals surface area contributed by atoms with E-state index in [4.69, 9.17) is 0 Å². The van der Waals surface area contributed by atoms with E-state index in [9.17, 15) is 5.26 Å². The Hall–Kier alpha value is -0.590. The Labute approximate surface area is 112 Å². The van der Waals surface area contributed by atoms with Gasteiger partial charge < -0.3 is 0 Å². The third-order valence-electron chi connectivity index (χ3n) is 4.49. The summed E-state index contributed by atoms with van der Waals surface area (Å²) >= 11 is 0. The van der Waals surface area contributed by atoms with Gasteiger partial charge in [-0.3, -0.25) is 10.2 Å². The van der Waals surface area contributed by atoms with Crippen molar-refractivity contribution in [2.24, 2.45) is 0 Å². The lowest BCUT2D eigenvalue weighted by Gasteiger charge is -2.43. The molecule has 0 saturated heterocycles. The van der Waals surface area contributed by atoms with Crippen molar-refractivity contribution >= 4 is 0 Å². The number of nitrogens with one attached hydrogen (secondary N) is 1. The van der Waals surface area contributed by atoms with Crippen molar-refractivity contribution in [1.29, 1.82) is 5.26 Å². The molecular formula is C15H27N3.